The van der Waals surface area contributed by atoms with Gasteiger partial charge >= 0.3 is 0 Å². The molecule has 2 aromatic carbocycles. The number of halogens is 1. The molecule has 3 heterocycles. The lowest BCUT2D eigenvalue weighted by Gasteiger charge is -2.26. The first kappa shape index (κ1) is 21.7. The quantitative estimate of drug-likeness (QED) is 0.342. The zero-order valence-electron chi connectivity index (χ0n) is 18.5. The van der Waals surface area contributed by atoms with Gasteiger partial charge in [-0.2, -0.15) is 0 Å². The second-order valence-corrected chi connectivity index (χ2v) is 9.45. The molecule has 1 aliphatic rings. The van der Waals surface area contributed by atoms with E-state index in [0.29, 0.717) is 25.3 Å². The van der Waals surface area contributed by atoms with E-state index in [9.17, 15) is 9.18 Å². The minimum absolute atomic E-state index is 0.0104. The first-order valence-electron chi connectivity index (χ1n) is 11.2. The second kappa shape index (κ2) is 9.41. The van der Waals surface area contributed by atoms with Crippen molar-refractivity contribution in [1.29, 1.82) is 0 Å². The van der Waals surface area contributed by atoms with E-state index >= 15 is 0 Å². The fraction of sp³-hybridized carbons (Fsp3) is 0.259. The summed E-state index contributed by atoms with van der Waals surface area (Å²) in [6, 6.07) is 18.3. The van der Waals surface area contributed by atoms with E-state index in [1.807, 2.05) is 11.4 Å². The lowest BCUT2D eigenvalue weighted by molar-refractivity contribution is 0.0507. The molecule has 6 heteroatoms. The average Bonchev–Trinajstić information content (AvgIpc) is 3.52. The summed E-state index contributed by atoms with van der Waals surface area (Å²) in [5.41, 5.74) is 4.28. The van der Waals surface area contributed by atoms with E-state index in [1.54, 1.807) is 28.4 Å². The smallest absolute Gasteiger partial charge is 0.254 e. The first-order valence-corrected chi connectivity index (χ1v) is 12.1. The van der Waals surface area contributed by atoms with Gasteiger partial charge in [-0.15, -0.1) is 11.3 Å². The van der Waals surface area contributed by atoms with Crippen LogP contribution >= 0.6 is 11.3 Å². The molecule has 1 saturated heterocycles. The van der Waals surface area contributed by atoms with Crippen molar-refractivity contribution >= 4 is 28.1 Å². The molecule has 0 bridgehead atoms. The van der Waals surface area contributed by atoms with Gasteiger partial charge in [-0.1, -0.05) is 24.3 Å². The van der Waals surface area contributed by atoms with Crippen LogP contribution in [0.2, 0.25) is 0 Å². The predicted octanol–water partition coefficient (Wildman–Crippen LogP) is 6.23. The van der Waals surface area contributed by atoms with Crippen LogP contribution in [0.25, 0.3) is 21.5 Å². The van der Waals surface area contributed by atoms with Crippen LogP contribution in [0, 0.1) is 12.7 Å². The summed E-state index contributed by atoms with van der Waals surface area (Å²) in [5.74, 6) is -0.619. The largest absolute Gasteiger partial charge is 0.376 e. The van der Waals surface area contributed by atoms with E-state index < -0.39 is 5.82 Å². The topological polar surface area (TPSA) is 42.4 Å². The number of ether oxygens (including phenoxy) is 1. The zero-order chi connectivity index (χ0) is 22.8. The number of fused-ring (bicyclic) bond motifs is 1. The van der Waals surface area contributed by atoms with Gasteiger partial charge in [0.25, 0.3) is 5.91 Å². The van der Waals surface area contributed by atoms with Crippen LogP contribution in [0.15, 0.2) is 66.0 Å². The van der Waals surface area contributed by atoms with Gasteiger partial charge < -0.3 is 9.64 Å². The number of rotatable bonds is 6. The van der Waals surface area contributed by atoms with Gasteiger partial charge in [0.05, 0.1) is 22.2 Å². The van der Waals surface area contributed by atoms with E-state index in [4.69, 9.17) is 9.72 Å². The van der Waals surface area contributed by atoms with Gasteiger partial charge in [0.1, 0.15) is 5.82 Å². The SMILES string of the molecule is Cc1ccc2cc(CN(CC3CCCO3)C(=O)c3cccc(F)c3)c(-c3cccs3)nc2c1. The number of aromatic nitrogens is 1. The monoisotopic (exact) mass is 460 g/mol. The van der Waals surface area contributed by atoms with Crippen molar-refractivity contribution in [2.24, 2.45) is 0 Å². The summed E-state index contributed by atoms with van der Waals surface area (Å²) in [7, 11) is 0. The number of carbonyl (C=O) groups excluding carboxylic acids is 1. The molecular weight excluding hydrogens is 435 g/mol. The van der Waals surface area contributed by atoms with Crippen molar-refractivity contribution in [3.8, 4) is 10.6 Å². The molecule has 1 atom stereocenters. The molecule has 0 aliphatic carbocycles. The maximum atomic E-state index is 13.9. The normalized spacial score (nSPS) is 15.8. The number of thiophene rings is 1. The third-order valence-corrected chi connectivity index (χ3v) is 6.85. The lowest BCUT2D eigenvalue weighted by atomic mass is 10.0. The molecule has 2 aromatic heterocycles. The Balaban J connectivity index is 1.56. The summed E-state index contributed by atoms with van der Waals surface area (Å²) in [6.07, 6.45) is 1.90. The van der Waals surface area contributed by atoms with E-state index in [1.165, 1.54) is 12.1 Å². The molecule has 5 rings (SSSR count). The van der Waals surface area contributed by atoms with E-state index in [0.717, 1.165) is 45.4 Å². The molecule has 1 aliphatic heterocycles. The third-order valence-electron chi connectivity index (χ3n) is 5.97. The van der Waals surface area contributed by atoms with Gasteiger partial charge in [-0.25, -0.2) is 9.37 Å². The molecule has 1 fully saturated rings. The van der Waals surface area contributed by atoms with Crippen LogP contribution < -0.4 is 0 Å². The summed E-state index contributed by atoms with van der Waals surface area (Å²) in [4.78, 5) is 21.3. The Bertz CT molecular complexity index is 1280. The first-order chi connectivity index (χ1) is 16.1. The molecular formula is C27H25FN2O2S. The average molecular weight is 461 g/mol. The second-order valence-electron chi connectivity index (χ2n) is 8.50. The summed E-state index contributed by atoms with van der Waals surface area (Å²) >= 11 is 1.63. The standard InChI is InChI=1S/C27H25FN2O2S/c1-18-9-10-19-14-21(26(29-24(19)13-18)25-8-4-12-33-25)16-30(17-23-7-3-11-32-23)27(31)20-5-2-6-22(28)15-20/h2,4-6,8-10,12-15,23H,3,7,11,16-17H2,1H3. The Morgan fingerprint density at radius 2 is 2.09 bits per heavy atom. The van der Waals surface area contributed by atoms with Crippen LogP contribution in [0.4, 0.5) is 4.39 Å². The molecule has 0 radical (unpaired) electrons. The van der Waals surface area contributed by atoms with Crippen LogP contribution in [-0.4, -0.2) is 35.0 Å². The van der Waals surface area contributed by atoms with Gasteiger partial charge in [-0.05, 0) is 72.7 Å². The molecule has 168 valence electrons. The lowest BCUT2D eigenvalue weighted by Crippen LogP contribution is -2.37. The zero-order valence-corrected chi connectivity index (χ0v) is 19.3. The summed E-state index contributed by atoms with van der Waals surface area (Å²) in [5, 5.41) is 3.06. The van der Waals surface area contributed by atoms with Crippen molar-refractivity contribution in [2.75, 3.05) is 13.2 Å². The number of pyridine rings is 1. The van der Waals surface area contributed by atoms with Crippen LogP contribution in [-0.2, 0) is 11.3 Å². The fourth-order valence-electron chi connectivity index (χ4n) is 4.33. The molecule has 0 N–H and O–H groups in total. The van der Waals surface area contributed by atoms with Crippen molar-refractivity contribution in [1.82, 2.24) is 9.88 Å². The van der Waals surface area contributed by atoms with Crippen molar-refractivity contribution in [2.45, 2.75) is 32.4 Å². The Labute approximate surface area is 196 Å². The molecule has 1 unspecified atom stereocenters. The molecule has 0 saturated carbocycles. The van der Waals surface area contributed by atoms with Crippen molar-refractivity contribution in [3.63, 3.8) is 0 Å². The fourth-order valence-corrected chi connectivity index (χ4v) is 5.08. The van der Waals surface area contributed by atoms with E-state index in [-0.39, 0.29) is 12.0 Å². The maximum Gasteiger partial charge on any atom is 0.254 e. The molecule has 0 spiro atoms. The highest BCUT2D eigenvalue weighted by molar-refractivity contribution is 7.13. The highest BCUT2D eigenvalue weighted by atomic mass is 32.1. The highest BCUT2D eigenvalue weighted by Crippen LogP contribution is 2.31. The number of aryl methyl sites for hydroxylation is 1. The van der Waals surface area contributed by atoms with Crippen LogP contribution in [0.1, 0.15) is 34.3 Å². The molecule has 33 heavy (non-hydrogen) atoms. The van der Waals surface area contributed by atoms with Crippen molar-refractivity contribution < 1.29 is 13.9 Å². The Kier molecular flexibility index (Phi) is 6.20. The number of amides is 1. The van der Waals surface area contributed by atoms with Crippen molar-refractivity contribution in [3.05, 3.63) is 88.6 Å². The van der Waals surface area contributed by atoms with Crippen LogP contribution in [0.3, 0.4) is 0 Å². The number of carbonyl (C=O) groups is 1. The minimum Gasteiger partial charge on any atom is -0.376 e. The Morgan fingerprint density at radius 3 is 2.85 bits per heavy atom. The molecule has 4 nitrogen and oxygen atoms in total. The number of nitrogens with zero attached hydrogens (tertiary/aromatic N) is 2. The molecule has 4 aromatic rings. The summed E-state index contributed by atoms with van der Waals surface area (Å²) < 4.78 is 19.7. The van der Waals surface area contributed by atoms with Crippen LogP contribution in [0.5, 0.6) is 0 Å². The van der Waals surface area contributed by atoms with Gasteiger partial charge in [0.2, 0.25) is 0 Å². The van der Waals surface area contributed by atoms with Gasteiger partial charge in [-0.3, -0.25) is 4.79 Å². The number of benzene rings is 2. The molecule has 1 amide bonds. The Morgan fingerprint density at radius 1 is 1.18 bits per heavy atom. The van der Waals surface area contributed by atoms with E-state index in [2.05, 4.69) is 37.3 Å². The summed E-state index contributed by atoms with van der Waals surface area (Å²) in [6.45, 7) is 3.61. The Hall–Kier alpha value is -3.09. The van der Waals surface area contributed by atoms with Gasteiger partial charge in [0.15, 0.2) is 0 Å². The third kappa shape index (κ3) is 4.82. The highest BCUT2D eigenvalue weighted by Gasteiger charge is 2.25. The predicted molar refractivity (Wildman–Crippen MR) is 130 cm³/mol. The minimum atomic E-state index is -0.417. The maximum absolute atomic E-state index is 13.9. The number of hydrogen-bond donors (Lipinski definition) is 0. The van der Waals surface area contributed by atoms with Gasteiger partial charge in [0, 0.05) is 30.6 Å². The number of hydrogen-bond acceptors (Lipinski definition) is 4.